The molecule has 1 aliphatic carbocycles. The molecule has 17 heteroatoms. The molecule has 0 amide bonds. The van der Waals surface area contributed by atoms with E-state index in [-0.39, 0.29) is 16.3 Å². The van der Waals surface area contributed by atoms with E-state index in [1.807, 2.05) is 6.07 Å². The highest BCUT2D eigenvalue weighted by molar-refractivity contribution is 7.70. The van der Waals surface area contributed by atoms with Crippen molar-refractivity contribution in [1.29, 1.82) is 0 Å². The predicted octanol–water partition coefficient (Wildman–Crippen LogP) is 2.99. The van der Waals surface area contributed by atoms with Gasteiger partial charge in [-0.2, -0.15) is 9.97 Å². The van der Waals surface area contributed by atoms with Crippen molar-refractivity contribution in [2.45, 2.75) is 62.6 Å². The number of hydrogen-bond acceptors (Lipinski definition) is 10. The van der Waals surface area contributed by atoms with Gasteiger partial charge in [0.1, 0.15) is 18.3 Å². The fraction of sp³-hybridized carbons (Fsp3) is 0.577. The van der Waals surface area contributed by atoms with Crippen LogP contribution >= 0.6 is 26.8 Å². The van der Waals surface area contributed by atoms with Gasteiger partial charge in [0.2, 0.25) is 5.28 Å². The Labute approximate surface area is 252 Å². The average Bonchev–Trinajstić information content (AvgIpc) is 3.61. The number of aliphatic hydroxyl groups excluding tert-OH is 2. The van der Waals surface area contributed by atoms with Crippen LogP contribution in [-0.2, 0) is 18.4 Å². The number of benzene rings is 1. The summed E-state index contributed by atoms with van der Waals surface area (Å²) in [4.78, 5) is 43.5. The minimum Gasteiger partial charge on any atom is -0.387 e. The number of halogens is 1. The molecule has 5 N–H and O–H groups in total. The van der Waals surface area contributed by atoms with Crippen LogP contribution in [0.25, 0.3) is 11.2 Å². The van der Waals surface area contributed by atoms with Crippen molar-refractivity contribution < 1.29 is 43.3 Å². The fourth-order valence-corrected chi connectivity index (χ4v) is 9.61. The van der Waals surface area contributed by atoms with E-state index in [1.54, 1.807) is 0 Å². The van der Waals surface area contributed by atoms with Gasteiger partial charge in [-0.05, 0) is 35.4 Å². The van der Waals surface area contributed by atoms with Crippen molar-refractivity contribution in [1.82, 2.24) is 19.5 Å². The third kappa shape index (κ3) is 6.28. The van der Waals surface area contributed by atoms with Crippen LogP contribution in [0.3, 0.4) is 0 Å². The maximum atomic E-state index is 12.1. The predicted molar refractivity (Wildman–Crippen MR) is 156 cm³/mol. The van der Waals surface area contributed by atoms with Gasteiger partial charge in [0.05, 0.1) is 12.9 Å². The van der Waals surface area contributed by atoms with Crippen molar-refractivity contribution in [3.8, 4) is 0 Å². The largest absolute Gasteiger partial charge is 0.387 e. The molecule has 6 rings (SSSR count). The molecule has 6 atom stereocenters. The Morgan fingerprint density at radius 2 is 1.77 bits per heavy atom. The SMILES string of the molecule is O=P(O)(O)CP(=O)(O)OC[C@H]1O[C@@H](n2cnc3c(N4CC(c5ccccc5)C5(CCCCC5)C4)nc(Cl)nc32)C(O)C1O. The molecule has 4 heterocycles. The lowest BCUT2D eigenvalue weighted by molar-refractivity contribution is -0.0483. The lowest BCUT2D eigenvalue weighted by Crippen LogP contribution is -2.33. The molecule has 3 aromatic rings. The van der Waals surface area contributed by atoms with Gasteiger partial charge in [0, 0.05) is 19.0 Å². The molecule has 14 nitrogen and oxygen atoms in total. The summed E-state index contributed by atoms with van der Waals surface area (Å²) in [5, 5.41) is 21.4. The second-order valence-electron chi connectivity index (χ2n) is 11.7. The highest BCUT2D eigenvalue weighted by Gasteiger charge is 2.49. The monoisotopic (exact) mass is 657 g/mol. The zero-order valence-corrected chi connectivity index (χ0v) is 25.6. The number of anilines is 1. The van der Waals surface area contributed by atoms with Crippen LogP contribution in [0.15, 0.2) is 36.7 Å². The van der Waals surface area contributed by atoms with Crippen LogP contribution in [0, 0.1) is 5.41 Å². The van der Waals surface area contributed by atoms with Crippen molar-refractivity contribution >= 4 is 43.8 Å². The first-order chi connectivity index (χ1) is 20.4. The summed E-state index contributed by atoms with van der Waals surface area (Å²) in [6, 6.07) is 10.5. The molecule has 3 fully saturated rings. The van der Waals surface area contributed by atoms with Crippen molar-refractivity contribution in [2.24, 2.45) is 5.41 Å². The van der Waals surface area contributed by atoms with Crippen LogP contribution in [-0.4, -0.2) is 88.3 Å². The molecular weight excluding hydrogens is 624 g/mol. The van der Waals surface area contributed by atoms with E-state index < -0.39 is 52.2 Å². The first-order valence-corrected chi connectivity index (χ1v) is 18.0. The summed E-state index contributed by atoms with van der Waals surface area (Å²) in [7, 11) is -9.54. The number of nitrogens with zero attached hydrogens (tertiary/aromatic N) is 5. The average molecular weight is 658 g/mol. The number of imidazole rings is 1. The lowest BCUT2D eigenvalue weighted by Gasteiger charge is -2.38. The molecule has 2 aromatic heterocycles. The van der Waals surface area contributed by atoms with Crippen molar-refractivity contribution in [3.63, 3.8) is 0 Å². The summed E-state index contributed by atoms with van der Waals surface area (Å²) in [5.41, 5.74) is 2.07. The third-order valence-corrected chi connectivity index (χ3v) is 12.4. The highest BCUT2D eigenvalue weighted by atomic mass is 35.5. The maximum absolute atomic E-state index is 12.1. The summed E-state index contributed by atoms with van der Waals surface area (Å²) in [6.45, 7) is 0.793. The van der Waals surface area contributed by atoms with Crippen LogP contribution in [0.4, 0.5) is 5.82 Å². The number of rotatable bonds is 8. The molecular formula is C26H34ClN5O9P2. The van der Waals surface area contributed by atoms with Gasteiger partial charge in [-0.1, -0.05) is 49.6 Å². The Kier molecular flexibility index (Phi) is 8.49. The van der Waals surface area contributed by atoms with Crippen LogP contribution in [0.1, 0.15) is 49.8 Å². The Hall–Kier alpha value is -1.96. The van der Waals surface area contributed by atoms with E-state index in [9.17, 15) is 24.2 Å². The van der Waals surface area contributed by atoms with E-state index >= 15 is 0 Å². The number of hydrogen-bond donors (Lipinski definition) is 5. The fourth-order valence-electron chi connectivity index (χ4n) is 6.88. The van der Waals surface area contributed by atoms with Crippen molar-refractivity contribution in [2.75, 3.05) is 30.5 Å². The lowest BCUT2D eigenvalue weighted by atomic mass is 9.66. The topological polar surface area (TPSA) is 201 Å². The number of fused-ring (bicyclic) bond motifs is 1. The number of ether oxygens (including phenoxy) is 1. The third-order valence-electron chi connectivity index (χ3n) is 8.79. The second kappa shape index (κ2) is 11.8. The quantitative estimate of drug-likeness (QED) is 0.175. The summed E-state index contributed by atoms with van der Waals surface area (Å²) in [5.74, 6) is -0.533. The molecule has 1 saturated carbocycles. The van der Waals surface area contributed by atoms with Gasteiger partial charge in [0.15, 0.2) is 29.1 Å². The smallest absolute Gasteiger partial charge is 0.340 e. The summed E-state index contributed by atoms with van der Waals surface area (Å²) in [6.07, 6.45) is 1.61. The molecule has 3 aliphatic rings. The standard InChI is InChI=1S/C26H34ClN5O9P2/c27-25-29-22(31-11-17(16-7-3-1-4-8-16)26(13-31)9-5-2-6-10-26)19-23(30-25)32(14-28-19)24-21(34)20(33)18(41-24)12-40-43(38,39)15-42(35,36)37/h1,3-4,7-8,14,17-18,20-21,24,33-34H,2,5-6,9-13,15H2,(H,38,39)(H2,35,36,37)/t17?,18-,20?,21?,24-/m1/s1. The first-order valence-electron chi connectivity index (χ1n) is 14.1. The molecule has 1 spiro atoms. The molecule has 2 saturated heterocycles. The molecule has 2 aliphatic heterocycles. The minimum absolute atomic E-state index is 0.0309. The van der Waals surface area contributed by atoms with E-state index in [4.69, 9.17) is 30.6 Å². The molecule has 1 aromatic carbocycles. The van der Waals surface area contributed by atoms with Gasteiger partial charge in [-0.15, -0.1) is 0 Å². The molecule has 234 valence electrons. The second-order valence-corrected chi connectivity index (χ2v) is 16.0. The van der Waals surface area contributed by atoms with Crippen LogP contribution in [0.5, 0.6) is 0 Å². The Bertz CT molecular complexity index is 1570. The molecule has 43 heavy (non-hydrogen) atoms. The van der Waals surface area contributed by atoms with Gasteiger partial charge in [0.25, 0.3) is 0 Å². The molecule has 0 radical (unpaired) electrons. The highest BCUT2D eigenvalue weighted by Crippen LogP contribution is 2.56. The van der Waals surface area contributed by atoms with Gasteiger partial charge in [-0.25, -0.2) is 4.98 Å². The van der Waals surface area contributed by atoms with E-state index in [2.05, 4.69) is 44.1 Å². The Morgan fingerprint density at radius 1 is 1.05 bits per heavy atom. The van der Waals surface area contributed by atoms with E-state index in [0.717, 1.165) is 25.9 Å². The Morgan fingerprint density at radius 3 is 2.47 bits per heavy atom. The van der Waals surface area contributed by atoms with Gasteiger partial charge < -0.3 is 39.1 Å². The first kappa shape index (κ1) is 31.0. The number of aliphatic hydroxyl groups is 2. The summed E-state index contributed by atoms with van der Waals surface area (Å²) < 4.78 is 35.2. The zero-order valence-electron chi connectivity index (χ0n) is 23.1. The minimum atomic E-state index is -4.84. The Balaban J connectivity index is 1.27. The summed E-state index contributed by atoms with van der Waals surface area (Å²) >= 11 is 6.43. The van der Waals surface area contributed by atoms with Crippen LogP contribution in [0.2, 0.25) is 5.28 Å². The van der Waals surface area contributed by atoms with Gasteiger partial charge >= 0.3 is 15.2 Å². The van der Waals surface area contributed by atoms with Crippen molar-refractivity contribution in [3.05, 3.63) is 47.5 Å². The van der Waals surface area contributed by atoms with Gasteiger partial charge in [-0.3, -0.25) is 13.7 Å². The zero-order chi connectivity index (χ0) is 30.6. The van der Waals surface area contributed by atoms with Crippen LogP contribution < -0.4 is 4.90 Å². The maximum Gasteiger partial charge on any atom is 0.340 e. The number of aromatic nitrogens is 4. The van der Waals surface area contributed by atoms with E-state index in [0.29, 0.717) is 17.3 Å². The molecule has 0 bridgehead atoms. The molecule has 4 unspecified atom stereocenters. The van der Waals surface area contributed by atoms with E-state index in [1.165, 1.54) is 35.7 Å². The normalized spacial score (nSPS) is 29.0.